The molecule has 2 amide bonds. The van der Waals surface area contributed by atoms with Crippen molar-refractivity contribution < 1.29 is 9.59 Å². The summed E-state index contributed by atoms with van der Waals surface area (Å²) in [5.74, 6) is 0.271. The van der Waals surface area contributed by atoms with Crippen LogP contribution >= 0.6 is 0 Å². The molecule has 0 aromatic carbocycles. The predicted octanol–water partition coefficient (Wildman–Crippen LogP) is 2.62. The highest BCUT2D eigenvalue weighted by molar-refractivity contribution is 6.06. The van der Waals surface area contributed by atoms with Crippen LogP contribution in [0.1, 0.15) is 71.1 Å². The second kappa shape index (κ2) is 6.07. The van der Waals surface area contributed by atoms with Gasteiger partial charge < -0.3 is 5.32 Å². The molecule has 3 fully saturated rings. The third-order valence-electron chi connectivity index (χ3n) is 5.80. The summed E-state index contributed by atoms with van der Waals surface area (Å²) in [6, 6.07) is 0.740. The fourth-order valence-electron chi connectivity index (χ4n) is 4.63. The highest BCUT2D eigenvalue weighted by Gasteiger charge is 2.53. The van der Waals surface area contributed by atoms with Crippen LogP contribution in [0.5, 0.6) is 0 Å². The summed E-state index contributed by atoms with van der Waals surface area (Å²) in [5, 5.41) is 3.49. The molecule has 2 aliphatic carbocycles. The Labute approximate surface area is 127 Å². The SMILES string of the molecule is CCNC1CCC(N2C(=O)CC3(CCCCC3)C2=O)CC1. The first-order valence-electron chi connectivity index (χ1n) is 8.76. The van der Waals surface area contributed by atoms with Gasteiger partial charge in [0, 0.05) is 18.5 Å². The van der Waals surface area contributed by atoms with Gasteiger partial charge in [-0.05, 0) is 45.1 Å². The van der Waals surface area contributed by atoms with Gasteiger partial charge in [0.05, 0.1) is 5.41 Å². The molecule has 0 radical (unpaired) electrons. The molecule has 21 heavy (non-hydrogen) atoms. The van der Waals surface area contributed by atoms with Crippen LogP contribution in [-0.2, 0) is 9.59 Å². The van der Waals surface area contributed by atoms with Gasteiger partial charge in [-0.25, -0.2) is 0 Å². The van der Waals surface area contributed by atoms with Crippen LogP contribution in [0.15, 0.2) is 0 Å². The van der Waals surface area contributed by atoms with E-state index in [9.17, 15) is 9.59 Å². The van der Waals surface area contributed by atoms with Gasteiger partial charge in [-0.15, -0.1) is 0 Å². The summed E-state index contributed by atoms with van der Waals surface area (Å²) in [6.45, 7) is 3.13. The number of hydrogen-bond acceptors (Lipinski definition) is 3. The largest absolute Gasteiger partial charge is 0.314 e. The molecular weight excluding hydrogens is 264 g/mol. The number of carbonyl (C=O) groups is 2. The molecule has 0 unspecified atom stereocenters. The van der Waals surface area contributed by atoms with Gasteiger partial charge in [0.15, 0.2) is 0 Å². The van der Waals surface area contributed by atoms with Gasteiger partial charge in [0.2, 0.25) is 11.8 Å². The number of amides is 2. The Morgan fingerprint density at radius 3 is 2.38 bits per heavy atom. The molecule has 4 nitrogen and oxygen atoms in total. The molecule has 3 aliphatic rings. The molecule has 118 valence electrons. The van der Waals surface area contributed by atoms with Crippen LogP contribution in [0.4, 0.5) is 0 Å². The Hall–Kier alpha value is -0.900. The summed E-state index contributed by atoms with van der Waals surface area (Å²) in [6.07, 6.45) is 9.92. The van der Waals surface area contributed by atoms with Crippen molar-refractivity contribution in [2.75, 3.05) is 6.54 Å². The molecule has 0 bridgehead atoms. The molecule has 0 atom stereocenters. The lowest BCUT2D eigenvalue weighted by molar-refractivity contribution is -0.145. The summed E-state index contributed by atoms with van der Waals surface area (Å²) in [7, 11) is 0. The Bertz CT molecular complexity index is 407. The minimum Gasteiger partial charge on any atom is -0.314 e. The monoisotopic (exact) mass is 292 g/mol. The van der Waals surface area contributed by atoms with E-state index in [2.05, 4.69) is 12.2 Å². The minimum absolute atomic E-state index is 0.105. The minimum atomic E-state index is -0.312. The Balaban J connectivity index is 1.66. The van der Waals surface area contributed by atoms with Crippen molar-refractivity contribution in [3.05, 3.63) is 0 Å². The fourth-order valence-corrected chi connectivity index (χ4v) is 4.63. The van der Waals surface area contributed by atoms with Gasteiger partial charge in [0.25, 0.3) is 0 Å². The number of rotatable bonds is 3. The van der Waals surface area contributed by atoms with E-state index in [-0.39, 0.29) is 23.3 Å². The molecule has 4 heteroatoms. The zero-order chi connectivity index (χ0) is 14.9. The normalized spacial score (nSPS) is 32.9. The van der Waals surface area contributed by atoms with E-state index < -0.39 is 0 Å². The molecule has 1 saturated heterocycles. The predicted molar refractivity (Wildman–Crippen MR) is 81.7 cm³/mol. The number of likely N-dealkylation sites (tertiary alicyclic amines) is 1. The highest BCUT2D eigenvalue weighted by Crippen LogP contribution is 2.46. The van der Waals surface area contributed by atoms with E-state index in [1.165, 1.54) is 6.42 Å². The van der Waals surface area contributed by atoms with E-state index in [4.69, 9.17) is 0 Å². The van der Waals surface area contributed by atoms with Gasteiger partial charge in [-0.3, -0.25) is 14.5 Å². The van der Waals surface area contributed by atoms with Crippen LogP contribution in [0.3, 0.4) is 0 Å². The Morgan fingerprint density at radius 2 is 1.76 bits per heavy atom. The number of carbonyl (C=O) groups excluding carboxylic acids is 2. The maximum atomic E-state index is 12.9. The molecule has 1 aliphatic heterocycles. The third kappa shape index (κ3) is 2.75. The lowest BCUT2D eigenvalue weighted by atomic mass is 9.73. The zero-order valence-electron chi connectivity index (χ0n) is 13.2. The van der Waals surface area contributed by atoms with Crippen molar-refractivity contribution in [2.45, 2.75) is 83.2 Å². The molecule has 1 N–H and O–H groups in total. The molecule has 0 aromatic heterocycles. The van der Waals surface area contributed by atoms with Crippen molar-refractivity contribution in [1.82, 2.24) is 10.2 Å². The van der Waals surface area contributed by atoms with E-state index in [1.807, 2.05) is 0 Å². The smallest absolute Gasteiger partial charge is 0.236 e. The first-order chi connectivity index (χ1) is 10.2. The zero-order valence-corrected chi connectivity index (χ0v) is 13.2. The van der Waals surface area contributed by atoms with Crippen molar-refractivity contribution >= 4 is 11.8 Å². The van der Waals surface area contributed by atoms with E-state index in [0.29, 0.717) is 12.5 Å². The molecular formula is C17H28N2O2. The quantitative estimate of drug-likeness (QED) is 0.814. The highest BCUT2D eigenvalue weighted by atomic mass is 16.2. The van der Waals surface area contributed by atoms with Crippen LogP contribution in [-0.4, -0.2) is 35.3 Å². The van der Waals surface area contributed by atoms with Crippen LogP contribution < -0.4 is 5.32 Å². The molecule has 2 saturated carbocycles. The van der Waals surface area contributed by atoms with E-state index in [0.717, 1.165) is 57.9 Å². The van der Waals surface area contributed by atoms with Gasteiger partial charge in [0.1, 0.15) is 0 Å². The van der Waals surface area contributed by atoms with Gasteiger partial charge >= 0.3 is 0 Å². The number of nitrogens with one attached hydrogen (secondary N) is 1. The molecule has 1 spiro atoms. The second-order valence-electron chi connectivity index (χ2n) is 7.15. The third-order valence-corrected chi connectivity index (χ3v) is 5.80. The maximum Gasteiger partial charge on any atom is 0.236 e. The average Bonchev–Trinajstić information content (AvgIpc) is 2.72. The van der Waals surface area contributed by atoms with Crippen LogP contribution in [0, 0.1) is 5.41 Å². The maximum absolute atomic E-state index is 12.9. The van der Waals surface area contributed by atoms with Crippen molar-refractivity contribution in [1.29, 1.82) is 0 Å². The van der Waals surface area contributed by atoms with Crippen molar-refractivity contribution in [3.8, 4) is 0 Å². The molecule has 3 rings (SSSR count). The summed E-state index contributed by atoms with van der Waals surface area (Å²) in [5.41, 5.74) is -0.312. The summed E-state index contributed by atoms with van der Waals surface area (Å²) < 4.78 is 0. The molecule has 1 heterocycles. The molecule has 0 aromatic rings. The number of nitrogens with zero attached hydrogens (tertiary/aromatic N) is 1. The van der Waals surface area contributed by atoms with E-state index >= 15 is 0 Å². The Kier molecular flexibility index (Phi) is 4.34. The first kappa shape index (κ1) is 15.0. The van der Waals surface area contributed by atoms with E-state index in [1.54, 1.807) is 4.90 Å². The first-order valence-corrected chi connectivity index (χ1v) is 8.76. The average molecular weight is 292 g/mol. The van der Waals surface area contributed by atoms with Crippen LogP contribution in [0.2, 0.25) is 0 Å². The van der Waals surface area contributed by atoms with Crippen molar-refractivity contribution in [3.63, 3.8) is 0 Å². The number of hydrogen-bond donors (Lipinski definition) is 1. The van der Waals surface area contributed by atoms with Crippen LogP contribution in [0.25, 0.3) is 0 Å². The lowest BCUT2D eigenvalue weighted by Gasteiger charge is -2.36. The Morgan fingerprint density at radius 1 is 1.10 bits per heavy atom. The van der Waals surface area contributed by atoms with Gasteiger partial charge in [-0.1, -0.05) is 26.2 Å². The number of imide groups is 1. The van der Waals surface area contributed by atoms with Gasteiger partial charge in [-0.2, -0.15) is 0 Å². The second-order valence-corrected chi connectivity index (χ2v) is 7.15. The van der Waals surface area contributed by atoms with Crippen molar-refractivity contribution in [2.24, 2.45) is 5.41 Å². The standard InChI is InChI=1S/C17H28N2O2/c1-2-18-13-6-8-14(9-7-13)19-15(20)12-17(16(19)21)10-4-3-5-11-17/h13-14,18H,2-12H2,1H3. The summed E-state index contributed by atoms with van der Waals surface area (Å²) >= 11 is 0. The fraction of sp³-hybridized carbons (Fsp3) is 0.882. The topological polar surface area (TPSA) is 49.4 Å². The summed E-state index contributed by atoms with van der Waals surface area (Å²) in [4.78, 5) is 27.0. The lowest BCUT2D eigenvalue weighted by Crippen LogP contribution is -2.46.